The van der Waals surface area contributed by atoms with Crippen molar-refractivity contribution in [3.8, 4) is 11.5 Å². The van der Waals surface area contributed by atoms with Crippen molar-refractivity contribution in [2.45, 2.75) is 13.8 Å². The van der Waals surface area contributed by atoms with Gasteiger partial charge in [0.25, 0.3) is 0 Å². The summed E-state index contributed by atoms with van der Waals surface area (Å²) in [5, 5.41) is 0. The maximum atomic E-state index is 5.44. The number of rotatable bonds is 4. The standard InChI is InChI=1S/C10H13O2.Li/c1-3-11-9-6-5-7-10(8-9)12-4-2;/h5-6,8H,3-4H2,1-2H3;. The minimum absolute atomic E-state index is 0.689. The van der Waals surface area contributed by atoms with Crippen LogP contribution in [0.3, 0.4) is 0 Å². The van der Waals surface area contributed by atoms with Crippen molar-refractivity contribution >= 4 is 22.0 Å². The van der Waals surface area contributed by atoms with E-state index in [0.717, 1.165) is 15.7 Å². The van der Waals surface area contributed by atoms with E-state index < -0.39 is 0 Å². The van der Waals surface area contributed by atoms with Crippen molar-refractivity contribution in [2.75, 3.05) is 13.2 Å². The van der Waals surface area contributed by atoms with Crippen LogP contribution in [0.4, 0.5) is 0 Å². The molecule has 3 heteroatoms. The van der Waals surface area contributed by atoms with Crippen LogP contribution in [0, 0.1) is 0 Å². The second kappa shape index (κ2) is 5.21. The summed E-state index contributed by atoms with van der Waals surface area (Å²) in [7, 11) is 0. The first-order chi connectivity index (χ1) is 6.27. The van der Waals surface area contributed by atoms with E-state index in [1.54, 1.807) is 0 Å². The third-order valence-corrected chi connectivity index (χ3v) is 1.77. The Morgan fingerprint density at radius 1 is 1.15 bits per heavy atom. The first kappa shape index (κ1) is 10.5. The monoisotopic (exact) mass is 172 g/mol. The predicted molar refractivity (Wildman–Crippen MR) is 54.2 cm³/mol. The van der Waals surface area contributed by atoms with Crippen molar-refractivity contribution in [1.29, 1.82) is 0 Å². The fourth-order valence-electron chi connectivity index (χ4n) is 1.15. The Labute approximate surface area is 88.4 Å². The van der Waals surface area contributed by atoms with Crippen LogP contribution >= 0.6 is 0 Å². The molecule has 0 saturated carbocycles. The first-order valence-electron chi connectivity index (χ1n) is 4.64. The molecule has 66 valence electrons. The van der Waals surface area contributed by atoms with Gasteiger partial charge < -0.3 is 0 Å². The SMILES string of the molecule is [Li][c]1ccc(OCC)cc1OCC. The van der Waals surface area contributed by atoms with E-state index in [4.69, 9.17) is 9.47 Å². The molecule has 2 nitrogen and oxygen atoms in total. The van der Waals surface area contributed by atoms with Gasteiger partial charge in [-0.05, 0) is 0 Å². The van der Waals surface area contributed by atoms with Crippen LogP contribution in [-0.2, 0) is 0 Å². The summed E-state index contributed by atoms with van der Waals surface area (Å²) in [4.78, 5) is 0. The molecule has 0 spiro atoms. The Morgan fingerprint density at radius 3 is 2.46 bits per heavy atom. The normalized spacial score (nSPS) is 9.85. The molecule has 0 fully saturated rings. The number of ether oxygens (including phenoxy) is 2. The van der Waals surface area contributed by atoms with Gasteiger partial charge in [-0.15, -0.1) is 0 Å². The molecule has 0 saturated heterocycles. The van der Waals surface area contributed by atoms with Crippen molar-refractivity contribution in [3.63, 3.8) is 0 Å². The molecule has 0 heterocycles. The van der Waals surface area contributed by atoms with E-state index in [1.807, 2.05) is 49.8 Å². The molecule has 13 heavy (non-hydrogen) atoms. The van der Waals surface area contributed by atoms with Crippen molar-refractivity contribution in [2.24, 2.45) is 0 Å². The fourth-order valence-corrected chi connectivity index (χ4v) is 1.15. The van der Waals surface area contributed by atoms with Crippen LogP contribution in [-0.4, -0.2) is 30.9 Å². The molecule has 0 aliphatic heterocycles. The van der Waals surface area contributed by atoms with Gasteiger partial charge >= 0.3 is 88.2 Å². The molecule has 0 atom stereocenters. The zero-order chi connectivity index (χ0) is 9.68. The van der Waals surface area contributed by atoms with Crippen molar-refractivity contribution < 1.29 is 9.47 Å². The molecule has 0 unspecified atom stereocenters. The third kappa shape index (κ3) is 2.99. The van der Waals surface area contributed by atoms with Crippen LogP contribution < -0.4 is 13.7 Å². The molecule has 1 aromatic rings. The molecule has 0 N–H and O–H groups in total. The van der Waals surface area contributed by atoms with Gasteiger partial charge in [0.15, 0.2) is 0 Å². The van der Waals surface area contributed by atoms with Gasteiger partial charge in [0.05, 0.1) is 0 Å². The topological polar surface area (TPSA) is 18.5 Å². The molecule has 1 aromatic carbocycles. The Kier molecular flexibility index (Phi) is 4.21. The number of benzene rings is 1. The number of hydrogen-bond donors (Lipinski definition) is 0. The molecule has 0 aliphatic rings. The van der Waals surface area contributed by atoms with E-state index in [-0.39, 0.29) is 0 Å². The Morgan fingerprint density at radius 2 is 1.85 bits per heavy atom. The molecule has 0 aromatic heterocycles. The summed E-state index contributed by atoms with van der Waals surface area (Å²) in [5.41, 5.74) is 0. The molecule has 0 amide bonds. The summed E-state index contributed by atoms with van der Waals surface area (Å²) >= 11 is 2.03. The van der Waals surface area contributed by atoms with Gasteiger partial charge in [0, 0.05) is 0 Å². The van der Waals surface area contributed by atoms with E-state index in [9.17, 15) is 0 Å². The molecular formula is C10H13LiO2. The zero-order valence-corrected chi connectivity index (χ0v) is 8.46. The Balaban J connectivity index is 2.83. The average molecular weight is 172 g/mol. The van der Waals surface area contributed by atoms with Crippen molar-refractivity contribution in [3.05, 3.63) is 18.2 Å². The third-order valence-electron chi connectivity index (χ3n) is 1.77. The summed E-state index contributed by atoms with van der Waals surface area (Å²) in [6.07, 6.45) is 0. The van der Waals surface area contributed by atoms with Crippen LogP contribution in [0.15, 0.2) is 18.2 Å². The Hall–Kier alpha value is -0.583. The molecular weight excluding hydrogens is 159 g/mol. The molecule has 1 rings (SSSR count). The van der Waals surface area contributed by atoms with Gasteiger partial charge in [-0.1, -0.05) is 0 Å². The average Bonchev–Trinajstić information content (AvgIpc) is 2.12. The van der Waals surface area contributed by atoms with Crippen LogP contribution in [0.2, 0.25) is 0 Å². The summed E-state index contributed by atoms with van der Waals surface area (Å²) < 4.78 is 12.0. The summed E-state index contributed by atoms with van der Waals surface area (Å²) in [6, 6.07) is 5.90. The molecule has 0 aliphatic carbocycles. The second-order valence-electron chi connectivity index (χ2n) is 2.79. The van der Waals surface area contributed by atoms with E-state index >= 15 is 0 Å². The zero-order valence-electron chi connectivity index (χ0n) is 8.46. The maximum absolute atomic E-state index is 5.44. The van der Waals surface area contributed by atoms with Crippen molar-refractivity contribution in [1.82, 2.24) is 0 Å². The van der Waals surface area contributed by atoms with Gasteiger partial charge in [-0.2, -0.15) is 0 Å². The van der Waals surface area contributed by atoms with Crippen LogP contribution in [0.25, 0.3) is 0 Å². The van der Waals surface area contributed by atoms with Crippen LogP contribution in [0.1, 0.15) is 13.8 Å². The van der Waals surface area contributed by atoms with E-state index in [2.05, 4.69) is 0 Å². The van der Waals surface area contributed by atoms with Gasteiger partial charge in [-0.25, -0.2) is 0 Å². The first-order valence-corrected chi connectivity index (χ1v) is 4.64. The van der Waals surface area contributed by atoms with E-state index in [0.29, 0.717) is 13.2 Å². The van der Waals surface area contributed by atoms with Gasteiger partial charge in [-0.3, -0.25) is 0 Å². The molecule has 0 bridgehead atoms. The molecule has 0 radical (unpaired) electrons. The fraction of sp³-hybridized carbons (Fsp3) is 0.400. The minimum atomic E-state index is 0.689. The van der Waals surface area contributed by atoms with Gasteiger partial charge in [0.2, 0.25) is 0 Å². The Bertz CT molecular complexity index is 274. The predicted octanol–water partition coefficient (Wildman–Crippen LogP) is 1.28. The van der Waals surface area contributed by atoms with Gasteiger partial charge in [0.1, 0.15) is 0 Å². The number of hydrogen-bond acceptors (Lipinski definition) is 2. The second-order valence-corrected chi connectivity index (χ2v) is 2.79. The quantitative estimate of drug-likeness (QED) is 0.637. The summed E-state index contributed by atoms with van der Waals surface area (Å²) in [5.74, 6) is 1.78. The van der Waals surface area contributed by atoms with E-state index in [1.165, 1.54) is 0 Å². The van der Waals surface area contributed by atoms with Crippen LogP contribution in [0.5, 0.6) is 11.5 Å². The summed E-state index contributed by atoms with van der Waals surface area (Å²) in [6.45, 7) is 5.33.